The number of nitrogens with zero attached hydrogens (tertiary/aromatic N) is 2. The third-order valence-electron chi connectivity index (χ3n) is 4.51. The highest BCUT2D eigenvalue weighted by molar-refractivity contribution is 14.1. The first kappa shape index (κ1) is 24.1. The van der Waals surface area contributed by atoms with Crippen LogP contribution in [0.5, 0.6) is 0 Å². The maximum Gasteiger partial charge on any atom is 0.244 e. The molecule has 2 aromatic carbocycles. The van der Waals surface area contributed by atoms with Gasteiger partial charge < -0.3 is 10.2 Å². The van der Waals surface area contributed by atoms with Crippen molar-refractivity contribution in [2.75, 3.05) is 23.7 Å². The Morgan fingerprint density at radius 1 is 1.07 bits per heavy atom. The van der Waals surface area contributed by atoms with Crippen LogP contribution in [0.25, 0.3) is 0 Å². The van der Waals surface area contributed by atoms with Crippen LogP contribution in [-0.2, 0) is 26.2 Å². The van der Waals surface area contributed by atoms with Gasteiger partial charge in [-0.3, -0.25) is 13.9 Å². The van der Waals surface area contributed by atoms with Crippen molar-refractivity contribution in [3.63, 3.8) is 0 Å². The fourth-order valence-electron chi connectivity index (χ4n) is 2.91. The van der Waals surface area contributed by atoms with E-state index in [9.17, 15) is 18.0 Å². The van der Waals surface area contributed by atoms with Crippen LogP contribution < -0.4 is 9.62 Å². The van der Waals surface area contributed by atoms with Crippen LogP contribution in [0.1, 0.15) is 19.4 Å². The molecule has 0 radical (unpaired) electrons. The lowest BCUT2D eigenvalue weighted by atomic mass is 10.1. The van der Waals surface area contributed by atoms with E-state index in [-0.39, 0.29) is 12.5 Å². The van der Waals surface area contributed by atoms with Crippen LogP contribution in [0, 0.1) is 3.57 Å². The summed E-state index contributed by atoms with van der Waals surface area (Å²) in [5.74, 6) is -0.747. The van der Waals surface area contributed by atoms with E-state index in [0.29, 0.717) is 12.2 Å². The molecule has 0 saturated carbocycles. The molecule has 0 spiro atoms. The Balaban J connectivity index is 2.34. The summed E-state index contributed by atoms with van der Waals surface area (Å²) in [6, 6.07) is 15.4. The predicted molar refractivity (Wildman–Crippen MR) is 126 cm³/mol. The summed E-state index contributed by atoms with van der Waals surface area (Å²) < 4.78 is 26.8. The van der Waals surface area contributed by atoms with Gasteiger partial charge in [-0.15, -0.1) is 0 Å². The molecule has 1 N–H and O–H groups in total. The van der Waals surface area contributed by atoms with E-state index in [0.717, 1.165) is 19.7 Å². The Hall–Kier alpha value is -2.14. The Morgan fingerprint density at radius 3 is 2.20 bits per heavy atom. The van der Waals surface area contributed by atoms with E-state index in [1.54, 1.807) is 38.1 Å². The molecule has 0 saturated heterocycles. The second kappa shape index (κ2) is 10.8. The van der Waals surface area contributed by atoms with Crippen molar-refractivity contribution in [2.24, 2.45) is 0 Å². The van der Waals surface area contributed by atoms with Gasteiger partial charge in [-0.1, -0.05) is 30.3 Å². The Labute approximate surface area is 191 Å². The second-order valence-electron chi connectivity index (χ2n) is 6.82. The van der Waals surface area contributed by atoms with Gasteiger partial charge >= 0.3 is 0 Å². The SMILES string of the molecule is CCNC(=O)[C@@H](C)N(Cc1ccccc1)C(=O)CN(c1ccc(I)cc1)S(C)(=O)=O. The summed E-state index contributed by atoms with van der Waals surface area (Å²) in [5, 5.41) is 2.72. The molecule has 0 bridgehead atoms. The minimum absolute atomic E-state index is 0.197. The molecular weight excluding hydrogens is 517 g/mol. The largest absolute Gasteiger partial charge is 0.355 e. The molecule has 7 nitrogen and oxygen atoms in total. The third kappa shape index (κ3) is 6.69. The minimum Gasteiger partial charge on any atom is -0.355 e. The summed E-state index contributed by atoms with van der Waals surface area (Å²) in [7, 11) is -3.71. The summed E-state index contributed by atoms with van der Waals surface area (Å²) in [6.07, 6.45) is 1.06. The summed E-state index contributed by atoms with van der Waals surface area (Å²) in [5.41, 5.74) is 1.25. The van der Waals surface area contributed by atoms with Crippen LogP contribution in [0.2, 0.25) is 0 Å². The maximum atomic E-state index is 13.2. The fraction of sp³-hybridized carbons (Fsp3) is 0.333. The Kier molecular flexibility index (Phi) is 8.65. The Bertz CT molecular complexity index is 966. The molecule has 0 aliphatic carbocycles. The number of sulfonamides is 1. The zero-order valence-electron chi connectivity index (χ0n) is 17.2. The molecule has 0 aromatic heterocycles. The number of benzene rings is 2. The van der Waals surface area contributed by atoms with Gasteiger partial charge in [-0.05, 0) is 66.3 Å². The number of anilines is 1. The lowest BCUT2D eigenvalue weighted by Gasteiger charge is -2.31. The van der Waals surface area contributed by atoms with E-state index >= 15 is 0 Å². The highest BCUT2D eigenvalue weighted by Gasteiger charge is 2.29. The van der Waals surface area contributed by atoms with Crippen LogP contribution in [0.15, 0.2) is 54.6 Å². The third-order valence-corrected chi connectivity index (χ3v) is 6.37. The fourth-order valence-corrected chi connectivity index (χ4v) is 4.11. The standard InChI is InChI=1S/C21H26IN3O4S/c1-4-23-21(27)16(2)24(14-17-8-6-5-7-9-17)20(26)15-25(30(3,28)29)19-12-10-18(22)11-13-19/h5-13,16H,4,14-15H2,1-3H3,(H,23,27)/t16-/m1/s1. The molecule has 0 aliphatic heterocycles. The molecule has 9 heteroatoms. The van der Waals surface area contributed by atoms with Crippen molar-refractivity contribution in [1.29, 1.82) is 0 Å². The van der Waals surface area contributed by atoms with Crippen molar-refractivity contribution >= 4 is 50.1 Å². The lowest BCUT2D eigenvalue weighted by molar-refractivity contribution is -0.139. The highest BCUT2D eigenvalue weighted by atomic mass is 127. The van der Waals surface area contributed by atoms with Gasteiger partial charge in [0.05, 0.1) is 11.9 Å². The Morgan fingerprint density at radius 2 is 1.67 bits per heavy atom. The molecule has 2 amide bonds. The monoisotopic (exact) mass is 543 g/mol. The van der Waals surface area contributed by atoms with Gasteiger partial charge in [0.2, 0.25) is 21.8 Å². The lowest BCUT2D eigenvalue weighted by Crippen LogP contribution is -2.51. The first-order valence-electron chi connectivity index (χ1n) is 9.48. The molecule has 30 heavy (non-hydrogen) atoms. The average molecular weight is 543 g/mol. The first-order valence-corrected chi connectivity index (χ1v) is 12.4. The quantitative estimate of drug-likeness (QED) is 0.493. The van der Waals surface area contributed by atoms with Crippen LogP contribution in [0.3, 0.4) is 0 Å². The smallest absolute Gasteiger partial charge is 0.244 e. The van der Waals surface area contributed by atoms with Gasteiger partial charge in [0.1, 0.15) is 12.6 Å². The topological polar surface area (TPSA) is 86.8 Å². The van der Waals surface area contributed by atoms with Crippen LogP contribution in [-0.4, -0.2) is 50.5 Å². The van der Waals surface area contributed by atoms with Gasteiger partial charge in [0.15, 0.2) is 0 Å². The van der Waals surface area contributed by atoms with Crippen LogP contribution in [0.4, 0.5) is 5.69 Å². The molecular formula is C21H26IN3O4S. The van der Waals surface area contributed by atoms with E-state index in [1.165, 1.54) is 4.90 Å². The number of hydrogen-bond acceptors (Lipinski definition) is 4. The molecule has 2 rings (SSSR count). The zero-order chi connectivity index (χ0) is 22.3. The number of likely N-dealkylation sites (N-methyl/N-ethyl adjacent to an activating group) is 1. The van der Waals surface area contributed by atoms with Crippen molar-refractivity contribution < 1.29 is 18.0 Å². The zero-order valence-corrected chi connectivity index (χ0v) is 20.2. The highest BCUT2D eigenvalue weighted by Crippen LogP contribution is 2.20. The number of amides is 2. The van der Waals surface area contributed by atoms with E-state index < -0.39 is 28.5 Å². The molecule has 1 atom stereocenters. The molecule has 162 valence electrons. The predicted octanol–water partition coefficient (Wildman–Crippen LogP) is 2.61. The molecule has 2 aromatic rings. The van der Waals surface area contributed by atoms with Gasteiger partial charge in [0, 0.05) is 16.7 Å². The van der Waals surface area contributed by atoms with Gasteiger partial charge in [0.25, 0.3) is 0 Å². The minimum atomic E-state index is -3.71. The normalized spacial score (nSPS) is 12.1. The van der Waals surface area contributed by atoms with Gasteiger partial charge in [-0.25, -0.2) is 8.42 Å². The van der Waals surface area contributed by atoms with Crippen molar-refractivity contribution in [1.82, 2.24) is 10.2 Å². The van der Waals surface area contributed by atoms with Crippen molar-refractivity contribution in [2.45, 2.75) is 26.4 Å². The summed E-state index contributed by atoms with van der Waals surface area (Å²) >= 11 is 2.13. The molecule has 0 fully saturated rings. The second-order valence-corrected chi connectivity index (χ2v) is 9.98. The van der Waals surface area contributed by atoms with E-state index in [2.05, 4.69) is 27.9 Å². The molecule has 0 heterocycles. The maximum absolute atomic E-state index is 13.2. The molecule has 0 aliphatic rings. The number of carbonyl (C=O) groups excluding carboxylic acids is 2. The van der Waals surface area contributed by atoms with Crippen LogP contribution >= 0.6 is 22.6 Å². The van der Waals surface area contributed by atoms with Crippen molar-refractivity contribution in [3.05, 3.63) is 63.7 Å². The molecule has 0 unspecified atom stereocenters. The number of carbonyl (C=O) groups is 2. The number of rotatable bonds is 9. The summed E-state index contributed by atoms with van der Waals surface area (Å²) in [6.45, 7) is 3.69. The summed E-state index contributed by atoms with van der Waals surface area (Å²) in [4.78, 5) is 27.1. The average Bonchev–Trinajstić information content (AvgIpc) is 2.70. The van der Waals surface area contributed by atoms with Crippen molar-refractivity contribution in [3.8, 4) is 0 Å². The number of nitrogens with one attached hydrogen (secondary N) is 1. The van der Waals surface area contributed by atoms with E-state index in [4.69, 9.17) is 0 Å². The van der Waals surface area contributed by atoms with Gasteiger partial charge in [-0.2, -0.15) is 0 Å². The van der Waals surface area contributed by atoms with E-state index in [1.807, 2.05) is 30.3 Å². The number of halogens is 1. The number of hydrogen-bond donors (Lipinski definition) is 1. The first-order chi connectivity index (χ1) is 14.1.